The third-order valence-corrected chi connectivity index (χ3v) is 4.00. The van der Waals surface area contributed by atoms with Gasteiger partial charge in [-0.25, -0.2) is 9.18 Å². The summed E-state index contributed by atoms with van der Waals surface area (Å²) in [6, 6.07) is 11.6. The van der Waals surface area contributed by atoms with Crippen LogP contribution in [-0.2, 0) is 6.42 Å². The second-order valence-electron chi connectivity index (χ2n) is 5.96. The number of urea groups is 1. The normalized spacial score (nSPS) is 10.2. The molecule has 0 saturated heterocycles. The van der Waals surface area contributed by atoms with E-state index in [4.69, 9.17) is 4.74 Å². The summed E-state index contributed by atoms with van der Waals surface area (Å²) in [6.07, 6.45) is 0.646. The van der Waals surface area contributed by atoms with Crippen LogP contribution in [0.15, 0.2) is 42.5 Å². The van der Waals surface area contributed by atoms with Crippen LogP contribution < -0.4 is 20.7 Å². The lowest BCUT2D eigenvalue weighted by Gasteiger charge is -2.10. The summed E-state index contributed by atoms with van der Waals surface area (Å²) in [7, 11) is 1.61. The van der Waals surface area contributed by atoms with E-state index in [1.807, 2.05) is 24.3 Å². The fourth-order valence-corrected chi connectivity index (χ4v) is 2.47. The average molecular weight is 373 g/mol. The van der Waals surface area contributed by atoms with E-state index in [2.05, 4.69) is 16.0 Å². The Hall–Kier alpha value is -3.09. The number of nitrogens with one attached hydrogen (secondary N) is 3. The van der Waals surface area contributed by atoms with E-state index in [1.54, 1.807) is 26.2 Å². The van der Waals surface area contributed by atoms with Crippen LogP contribution >= 0.6 is 0 Å². The number of rotatable bonds is 8. The van der Waals surface area contributed by atoms with Gasteiger partial charge in [0.05, 0.1) is 7.11 Å². The van der Waals surface area contributed by atoms with Crippen molar-refractivity contribution in [2.75, 3.05) is 26.7 Å². The lowest BCUT2D eigenvalue weighted by atomic mass is 10.1. The number of aryl methyl sites for hydroxylation is 1. The van der Waals surface area contributed by atoms with Crippen LogP contribution in [0, 0.1) is 12.7 Å². The van der Waals surface area contributed by atoms with Crippen LogP contribution in [0.3, 0.4) is 0 Å². The first-order valence-electron chi connectivity index (χ1n) is 8.69. The van der Waals surface area contributed by atoms with E-state index < -0.39 is 5.82 Å². The smallest absolute Gasteiger partial charge is 0.314 e. The first-order valence-corrected chi connectivity index (χ1v) is 8.69. The topological polar surface area (TPSA) is 79.5 Å². The summed E-state index contributed by atoms with van der Waals surface area (Å²) in [5, 5.41) is 8.04. The monoisotopic (exact) mass is 373 g/mol. The highest BCUT2D eigenvalue weighted by atomic mass is 19.1. The molecule has 0 radical (unpaired) electrons. The SMILES string of the molecule is COc1ccccc1CCNC(=O)NCCNC(=O)c1ccc(C)c(F)c1. The van der Waals surface area contributed by atoms with Gasteiger partial charge in [0.25, 0.3) is 5.91 Å². The molecule has 0 fully saturated rings. The number of benzene rings is 2. The zero-order valence-corrected chi connectivity index (χ0v) is 15.5. The van der Waals surface area contributed by atoms with Gasteiger partial charge in [0.1, 0.15) is 11.6 Å². The summed E-state index contributed by atoms with van der Waals surface area (Å²) in [5.41, 5.74) is 1.75. The van der Waals surface area contributed by atoms with Gasteiger partial charge in [-0.05, 0) is 42.7 Å². The highest BCUT2D eigenvalue weighted by molar-refractivity contribution is 5.94. The number of carbonyl (C=O) groups excluding carboxylic acids is 2. The number of amides is 3. The minimum absolute atomic E-state index is 0.244. The van der Waals surface area contributed by atoms with Crippen LogP contribution in [0.1, 0.15) is 21.5 Å². The Morgan fingerprint density at radius 3 is 2.44 bits per heavy atom. The minimum atomic E-state index is -0.421. The van der Waals surface area contributed by atoms with Crippen LogP contribution in [0.4, 0.5) is 9.18 Å². The van der Waals surface area contributed by atoms with Gasteiger partial charge in [0.15, 0.2) is 0 Å². The second kappa shape index (κ2) is 10.2. The molecule has 0 saturated carbocycles. The number of hydrogen-bond donors (Lipinski definition) is 3. The van der Waals surface area contributed by atoms with E-state index in [9.17, 15) is 14.0 Å². The maximum Gasteiger partial charge on any atom is 0.314 e. The summed E-state index contributed by atoms with van der Waals surface area (Å²) in [5.74, 6) is -0.0163. The predicted molar refractivity (Wildman–Crippen MR) is 102 cm³/mol. The van der Waals surface area contributed by atoms with Crippen molar-refractivity contribution in [2.45, 2.75) is 13.3 Å². The molecule has 144 valence electrons. The van der Waals surface area contributed by atoms with Gasteiger partial charge in [-0.15, -0.1) is 0 Å². The molecule has 27 heavy (non-hydrogen) atoms. The minimum Gasteiger partial charge on any atom is -0.496 e. The van der Waals surface area contributed by atoms with Gasteiger partial charge >= 0.3 is 6.03 Å². The Labute approximate surface area is 158 Å². The Kier molecular flexibility index (Phi) is 7.61. The molecule has 6 nitrogen and oxygen atoms in total. The number of methoxy groups -OCH3 is 1. The number of hydrogen-bond acceptors (Lipinski definition) is 3. The fourth-order valence-electron chi connectivity index (χ4n) is 2.47. The Balaban J connectivity index is 1.64. The molecule has 0 aromatic heterocycles. The molecule has 3 N–H and O–H groups in total. The standard InChI is InChI=1S/C20H24FN3O3/c1-14-7-8-16(13-17(14)21)19(25)22-11-12-24-20(26)23-10-9-15-5-3-4-6-18(15)27-2/h3-8,13H,9-12H2,1-2H3,(H,22,25)(H2,23,24,26). The maximum absolute atomic E-state index is 13.5. The van der Waals surface area contributed by atoms with Crippen molar-refractivity contribution in [2.24, 2.45) is 0 Å². The molecule has 7 heteroatoms. The summed E-state index contributed by atoms with van der Waals surface area (Å²) in [4.78, 5) is 23.7. The highest BCUT2D eigenvalue weighted by Crippen LogP contribution is 2.17. The number of para-hydroxylation sites is 1. The van der Waals surface area contributed by atoms with Crippen molar-refractivity contribution >= 4 is 11.9 Å². The molecule has 0 unspecified atom stereocenters. The van der Waals surface area contributed by atoms with E-state index >= 15 is 0 Å². The molecule has 3 amide bonds. The highest BCUT2D eigenvalue weighted by Gasteiger charge is 2.08. The van der Waals surface area contributed by atoms with E-state index in [0.717, 1.165) is 11.3 Å². The molecule has 0 bridgehead atoms. The Morgan fingerprint density at radius 2 is 1.70 bits per heavy atom. The summed E-state index contributed by atoms with van der Waals surface area (Å²) >= 11 is 0. The summed E-state index contributed by atoms with van der Waals surface area (Å²) < 4.78 is 18.7. The number of carbonyl (C=O) groups is 2. The molecule has 2 aromatic rings. The lowest BCUT2D eigenvalue weighted by molar-refractivity contribution is 0.0953. The maximum atomic E-state index is 13.5. The van der Waals surface area contributed by atoms with Crippen LogP contribution in [0.25, 0.3) is 0 Å². The molecule has 0 aliphatic heterocycles. The molecule has 2 rings (SSSR count). The fraction of sp³-hybridized carbons (Fsp3) is 0.300. The van der Waals surface area contributed by atoms with Crippen molar-refractivity contribution in [3.05, 3.63) is 65.0 Å². The van der Waals surface area contributed by atoms with Gasteiger partial charge in [0.2, 0.25) is 0 Å². The van der Waals surface area contributed by atoms with Crippen molar-refractivity contribution in [1.29, 1.82) is 0 Å². The third-order valence-electron chi connectivity index (χ3n) is 4.00. The van der Waals surface area contributed by atoms with E-state index in [-0.39, 0.29) is 30.6 Å². The van der Waals surface area contributed by atoms with Crippen LogP contribution in [-0.4, -0.2) is 38.7 Å². The Morgan fingerprint density at radius 1 is 1.00 bits per heavy atom. The average Bonchev–Trinajstić information content (AvgIpc) is 2.67. The van der Waals surface area contributed by atoms with Crippen LogP contribution in [0.2, 0.25) is 0 Å². The van der Waals surface area contributed by atoms with Crippen molar-refractivity contribution in [3.63, 3.8) is 0 Å². The summed E-state index contributed by atoms with van der Waals surface area (Å²) in [6.45, 7) is 2.60. The number of ether oxygens (including phenoxy) is 1. The van der Waals surface area contributed by atoms with Crippen LogP contribution in [0.5, 0.6) is 5.75 Å². The molecule has 2 aromatic carbocycles. The Bertz CT molecular complexity index is 796. The lowest BCUT2D eigenvalue weighted by Crippen LogP contribution is -2.40. The molecule has 0 spiro atoms. The quantitative estimate of drug-likeness (QED) is 0.622. The third kappa shape index (κ3) is 6.29. The zero-order valence-electron chi connectivity index (χ0n) is 15.5. The molecule has 0 aliphatic carbocycles. The van der Waals surface area contributed by atoms with E-state index in [0.29, 0.717) is 18.5 Å². The largest absolute Gasteiger partial charge is 0.496 e. The van der Waals surface area contributed by atoms with Gasteiger partial charge in [0, 0.05) is 25.2 Å². The molecular formula is C20H24FN3O3. The molecule has 0 heterocycles. The van der Waals surface area contributed by atoms with Crippen molar-refractivity contribution < 1.29 is 18.7 Å². The first kappa shape index (κ1) is 20.2. The van der Waals surface area contributed by atoms with Crippen molar-refractivity contribution in [1.82, 2.24) is 16.0 Å². The molecular weight excluding hydrogens is 349 g/mol. The van der Waals surface area contributed by atoms with Gasteiger partial charge in [-0.1, -0.05) is 24.3 Å². The van der Waals surface area contributed by atoms with Gasteiger partial charge in [-0.2, -0.15) is 0 Å². The van der Waals surface area contributed by atoms with Crippen molar-refractivity contribution in [3.8, 4) is 5.75 Å². The zero-order chi connectivity index (χ0) is 19.6. The van der Waals surface area contributed by atoms with Gasteiger partial charge in [-0.3, -0.25) is 4.79 Å². The van der Waals surface area contributed by atoms with E-state index in [1.165, 1.54) is 6.07 Å². The first-order chi connectivity index (χ1) is 13.0. The molecule has 0 aliphatic rings. The predicted octanol–water partition coefficient (Wildman–Crippen LogP) is 2.41. The molecule has 0 atom stereocenters. The number of halogens is 1. The van der Waals surface area contributed by atoms with Gasteiger partial charge < -0.3 is 20.7 Å². The second-order valence-corrected chi connectivity index (χ2v) is 5.96.